The lowest BCUT2D eigenvalue weighted by molar-refractivity contribution is -0.140. The third-order valence-corrected chi connectivity index (χ3v) is 6.54. The van der Waals surface area contributed by atoms with Gasteiger partial charge in [-0.1, -0.05) is 18.2 Å². The molecule has 1 saturated heterocycles. The number of likely N-dealkylation sites (tertiary alicyclic amines) is 1. The Balaban J connectivity index is 1.77. The van der Waals surface area contributed by atoms with Crippen molar-refractivity contribution < 1.29 is 24.2 Å². The maximum Gasteiger partial charge on any atom is 0.295 e. The SMILES string of the molecule is CCOc1ccc(/C(O)=C2/C(=O)C(=O)N(Cc3ccc(OC)cc3)C2c2cccs2)cc1C. The maximum absolute atomic E-state index is 13.1. The average molecular weight is 464 g/mol. The number of ketones is 1. The van der Waals surface area contributed by atoms with E-state index in [0.29, 0.717) is 23.7 Å². The molecule has 2 heterocycles. The van der Waals surface area contributed by atoms with E-state index in [2.05, 4.69) is 0 Å². The number of hydrogen-bond acceptors (Lipinski definition) is 6. The van der Waals surface area contributed by atoms with Crippen LogP contribution in [-0.4, -0.2) is 35.4 Å². The lowest BCUT2D eigenvalue weighted by atomic mass is 9.98. The predicted molar refractivity (Wildman–Crippen MR) is 128 cm³/mol. The first-order chi connectivity index (χ1) is 15.9. The fourth-order valence-electron chi connectivity index (χ4n) is 3.98. The first kappa shape index (κ1) is 22.6. The number of aliphatic hydroxyl groups excluding tert-OH is 1. The minimum atomic E-state index is -0.689. The van der Waals surface area contributed by atoms with Crippen molar-refractivity contribution in [2.45, 2.75) is 26.4 Å². The van der Waals surface area contributed by atoms with Crippen molar-refractivity contribution in [2.75, 3.05) is 13.7 Å². The molecule has 7 heteroatoms. The van der Waals surface area contributed by atoms with E-state index in [1.165, 1.54) is 16.2 Å². The molecule has 1 aliphatic rings. The van der Waals surface area contributed by atoms with Crippen LogP contribution in [0.4, 0.5) is 0 Å². The Hall–Kier alpha value is -3.58. The Morgan fingerprint density at radius 2 is 1.88 bits per heavy atom. The summed E-state index contributed by atoms with van der Waals surface area (Å²) in [5.41, 5.74) is 2.26. The van der Waals surface area contributed by atoms with Crippen LogP contribution in [0.15, 0.2) is 65.6 Å². The van der Waals surface area contributed by atoms with Crippen LogP contribution < -0.4 is 9.47 Å². The molecule has 3 aromatic rings. The molecule has 1 fully saturated rings. The maximum atomic E-state index is 13.1. The smallest absolute Gasteiger partial charge is 0.295 e. The number of Topliss-reactive ketones (excluding diaryl/α,β-unsaturated/α-hetero) is 1. The average Bonchev–Trinajstić information content (AvgIpc) is 3.43. The zero-order valence-electron chi connectivity index (χ0n) is 18.7. The van der Waals surface area contributed by atoms with E-state index in [9.17, 15) is 14.7 Å². The number of nitrogens with zero attached hydrogens (tertiary/aromatic N) is 1. The summed E-state index contributed by atoms with van der Waals surface area (Å²) in [6.45, 7) is 4.54. The number of aliphatic hydroxyl groups is 1. The molecule has 1 atom stereocenters. The molecule has 1 aromatic heterocycles. The number of hydrogen-bond donors (Lipinski definition) is 1. The lowest BCUT2D eigenvalue weighted by Gasteiger charge is -2.24. The lowest BCUT2D eigenvalue weighted by Crippen LogP contribution is -2.28. The number of ether oxygens (including phenoxy) is 2. The molecule has 170 valence electrons. The molecular weight excluding hydrogens is 438 g/mol. The summed E-state index contributed by atoms with van der Waals surface area (Å²) in [6, 6.07) is 15.7. The van der Waals surface area contributed by atoms with Crippen molar-refractivity contribution in [3.05, 3.63) is 87.1 Å². The van der Waals surface area contributed by atoms with Gasteiger partial charge in [-0.15, -0.1) is 11.3 Å². The third-order valence-electron chi connectivity index (χ3n) is 5.61. The van der Waals surface area contributed by atoms with E-state index in [1.807, 2.05) is 55.6 Å². The van der Waals surface area contributed by atoms with Gasteiger partial charge in [-0.05, 0) is 66.8 Å². The quantitative estimate of drug-likeness (QED) is 0.300. The number of methoxy groups -OCH3 is 1. The molecule has 1 amide bonds. The summed E-state index contributed by atoms with van der Waals surface area (Å²) >= 11 is 1.44. The Bertz CT molecular complexity index is 1200. The molecule has 0 radical (unpaired) electrons. The van der Waals surface area contributed by atoms with Crippen LogP contribution in [0.1, 0.15) is 34.5 Å². The molecule has 0 spiro atoms. The monoisotopic (exact) mass is 463 g/mol. The van der Waals surface area contributed by atoms with Crippen molar-refractivity contribution in [3.8, 4) is 11.5 Å². The molecule has 0 saturated carbocycles. The Kier molecular flexibility index (Phi) is 6.51. The van der Waals surface area contributed by atoms with E-state index in [4.69, 9.17) is 9.47 Å². The second-order valence-corrected chi connectivity index (χ2v) is 8.68. The Labute approximate surface area is 196 Å². The highest BCUT2D eigenvalue weighted by atomic mass is 32.1. The molecule has 33 heavy (non-hydrogen) atoms. The van der Waals surface area contributed by atoms with Gasteiger partial charge in [0.1, 0.15) is 17.3 Å². The van der Waals surface area contributed by atoms with Crippen LogP contribution in [0.2, 0.25) is 0 Å². The molecule has 1 aliphatic heterocycles. The highest BCUT2D eigenvalue weighted by Gasteiger charge is 2.46. The van der Waals surface area contributed by atoms with Gasteiger partial charge < -0.3 is 19.5 Å². The molecule has 0 aliphatic carbocycles. The van der Waals surface area contributed by atoms with E-state index in [1.54, 1.807) is 25.3 Å². The minimum Gasteiger partial charge on any atom is -0.507 e. The number of carbonyl (C=O) groups is 2. The van der Waals surface area contributed by atoms with Crippen LogP contribution in [0.5, 0.6) is 11.5 Å². The van der Waals surface area contributed by atoms with Crippen LogP contribution in [0, 0.1) is 6.92 Å². The number of rotatable bonds is 7. The molecular formula is C26H25NO5S. The predicted octanol–water partition coefficient (Wildman–Crippen LogP) is 5.09. The first-order valence-corrected chi connectivity index (χ1v) is 11.5. The second kappa shape index (κ2) is 9.50. The number of thiophene rings is 1. The first-order valence-electron chi connectivity index (χ1n) is 10.6. The second-order valence-electron chi connectivity index (χ2n) is 7.70. The molecule has 4 rings (SSSR count). The van der Waals surface area contributed by atoms with Crippen LogP contribution in [0.3, 0.4) is 0 Å². The van der Waals surface area contributed by atoms with Crippen molar-refractivity contribution in [2.24, 2.45) is 0 Å². The number of carbonyl (C=O) groups excluding carboxylic acids is 2. The van der Waals surface area contributed by atoms with Crippen LogP contribution >= 0.6 is 11.3 Å². The van der Waals surface area contributed by atoms with Gasteiger partial charge in [0.05, 0.1) is 25.3 Å². The van der Waals surface area contributed by atoms with Gasteiger partial charge in [0.15, 0.2) is 0 Å². The highest BCUT2D eigenvalue weighted by molar-refractivity contribution is 7.10. The van der Waals surface area contributed by atoms with Crippen molar-refractivity contribution in [3.63, 3.8) is 0 Å². The fraction of sp³-hybridized carbons (Fsp3) is 0.231. The zero-order valence-corrected chi connectivity index (χ0v) is 19.5. The molecule has 2 aromatic carbocycles. The van der Waals surface area contributed by atoms with Gasteiger partial charge in [-0.25, -0.2) is 0 Å². The van der Waals surface area contributed by atoms with E-state index >= 15 is 0 Å². The Morgan fingerprint density at radius 1 is 1.12 bits per heavy atom. The van der Waals surface area contributed by atoms with Gasteiger partial charge in [-0.3, -0.25) is 9.59 Å². The van der Waals surface area contributed by atoms with Gasteiger partial charge in [0.25, 0.3) is 11.7 Å². The van der Waals surface area contributed by atoms with Crippen LogP contribution in [0.25, 0.3) is 5.76 Å². The molecule has 1 unspecified atom stereocenters. The molecule has 0 bridgehead atoms. The van der Waals surface area contributed by atoms with Crippen LogP contribution in [-0.2, 0) is 16.1 Å². The van der Waals surface area contributed by atoms with E-state index in [-0.39, 0.29) is 17.9 Å². The van der Waals surface area contributed by atoms with E-state index in [0.717, 1.165) is 16.0 Å². The van der Waals surface area contributed by atoms with Gasteiger partial charge in [0.2, 0.25) is 0 Å². The van der Waals surface area contributed by atoms with Crippen molar-refractivity contribution >= 4 is 28.8 Å². The van der Waals surface area contributed by atoms with E-state index < -0.39 is 17.7 Å². The van der Waals surface area contributed by atoms with Gasteiger partial charge in [0, 0.05) is 17.0 Å². The number of amides is 1. The summed E-state index contributed by atoms with van der Waals surface area (Å²) in [5.74, 6) is -0.0835. The van der Waals surface area contributed by atoms with Gasteiger partial charge in [-0.2, -0.15) is 0 Å². The van der Waals surface area contributed by atoms with Gasteiger partial charge >= 0.3 is 0 Å². The summed E-state index contributed by atoms with van der Waals surface area (Å²) in [5, 5.41) is 13.1. The topological polar surface area (TPSA) is 76.1 Å². The summed E-state index contributed by atoms with van der Waals surface area (Å²) in [7, 11) is 1.59. The highest BCUT2D eigenvalue weighted by Crippen LogP contribution is 2.42. The third kappa shape index (κ3) is 4.36. The number of benzene rings is 2. The van der Waals surface area contributed by atoms with Crippen molar-refractivity contribution in [1.29, 1.82) is 0 Å². The van der Waals surface area contributed by atoms with Crippen molar-refractivity contribution in [1.82, 2.24) is 4.90 Å². The largest absolute Gasteiger partial charge is 0.507 e. The summed E-state index contributed by atoms with van der Waals surface area (Å²) in [6.07, 6.45) is 0. The number of aryl methyl sites for hydroxylation is 1. The molecule has 1 N–H and O–H groups in total. The minimum absolute atomic E-state index is 0.0968. The normalized spacial score (nSPS) is 17.4. The molecule has 6 nitrogen and oxygen atoms in total. The Morgan fingerprint density at radius 3 is 2.48 bits per heavy atom. The fourth-order valence-corrected chi connectivity index (χ4v) is 4.83. The summed E-state index contributed by atoms with van der Waals surface area (Å²) < 4.78 is 10.8. The zero-order chi connectivity index (χ0) is 23.5. The summed E-state index contributed by atoms with van der Waals surface area (Å²) in [4.78, 5) is 28.5. The standard InChI is InChI=1S/C26H25NO5S/c1-4-32-20-12-9-18(14-16(20)2)24(28)22-23(21-6-5-13-33-21)27(26(30)25(22)29)15-17-7-10-19(31-3)11-8-17/h5-14,23,28H,4,15H2,1-3H3/b24-22-.